The highest BCUT2D eigenvalue weighted by atomic mass is 35.5. The van der Waals surface area contributed by atoms with Crippen molar-refractivity contribution in [3.05, 3.63) is 58.1 Å². The third-order valence-electron chi connectivity index (χ3n) is 2.49. The van der Waals surface area contributed by atoms with E-state index in [1.54, 1.807) is 37.3 Å². The fraction of sp³-hybridized carbons (Fsp3) is 0.143. The van der Waals surface area contributed by atoms with Crippen molar-refractivity contribution in [3.8, 4) is 11.5 Å². The van der Waals surface area contributed by atoms with E-state index in [0.29, 0.717) is 21.5 Å². The van der Waals surface area contributed by atoms with E-state index >= 15 is 0 Å². The molecule has 4 heteroatoms. The molecule has 0 aliphatic heterocycles. The molecular formula is C14H12Cl2O2. The molecule has 18 heavy (non-hydrogen) atoms. The number of benzene rings is 2. The van der Waals surface area contributed by atoms with Crippen molar-refractivity contribution < 1.29 is 9.84 Å². The molecule has 1 atom stereocenters. The van der Waals surface area contributed by atoms with Gasteiger partial charge in [-0.25, -0.2) is 0 Å². The first-order chi connectivity index (χ1) is 8.56. The molecule has 0 fully saturated rings. The van der Waals surface area contributed by atoms with E-state index in [1.807, 2.05) is 12.1 Å². The minimum atomic E-state index is -0.482. The topological polar surface area (TPSA) is 29.5 Å². The number of hydrogen-bond donors (Lipinski definition) is 1. The summed E-state index contributed by atoms with van der Waals surface area (Å²) in [6, 6.07) is 12.3. The van der Waals surface area contributed by atoms with Crippen LogP contribution >= 0.6 is 23.2 Å². The van der Waals surface area contributed by atoms with Crippen LogP contribution in [0.1, 0.15) is 18.6 Å². The van der Waals surface area contributed by atoms with E-state index in [9.17, 15) is 5.11 Å². The lowest BCUT2D eigenvalue weighted by atomic mass is 10.1. The van der Waals surface area contributed by atoms with Gasteiger partial charge >= 0.3 is 0 Å². The molecule has 0 spiro atoms. The van der Waals surface area contributed by atoms with Crippen molar-refractivity contribution in [2.24, 2.45) is 0 Å². The number of aliphatic hydroxyl groups is 1. The Morgan fingerprint density at radius 1 is 0.944 bits per heavy atom. The molecular weight excluding hydrogens is 271 g/mol. The Hall–Kier alpha value is -1.22. The fourth-order valence-electron chi connectivity index (χ4n) is 1.49. The predicted octanol–water partition coefficient (Wildman–Crippen LogP) is 4.84. The lowest BCUT2D eigenvalue weighted by molar-refractivity contribution is 0.199. The molecule has 2 rings (SSSR count). The first kappa shape index (κ1) is 13.2. The molecule has 94 valence electrons. The van der Waals surface area contributed by atoms with Crippen molar-refractivity contribution in [2.45, 2.75) is 13.0 Å². The second-order valence-electron chi connectivity index (χ2n) is 3.92. The molecule has 0 radical (unpaired) electrons. The third-order valence-corrected chi connectivity index (χ3v) is 3.23. The van der Waals surface area contributed by atoms with Gasteiger partial charge in [0.2, 0.25) is 0 Å². The highest BCUT2D eigenvalue weighted by molar-refractivity contribution is 6.42. The van der Waals surface area contributed by atoms with Gasteiger partial charge in [-0.3, -0.25) is 0 Å². The van der Waals surface area contributed by atoms with Gasteiger partial charge in [0.1, 0.15) is 11.5 Å². The summed E-state index contributed by atoms with van der Waals surface area (Å²) in [6.07, 6.45) is -0.482. The van der Waals surface area contributed by atoms with Gasteiger partial charge in [0.15, 0.2) is 0 Å². The van der Waals surface area contributed by atoms with Gasteiger partial charge < -0.3 is 9.84 Å². The molecule has 0 heterocycles. The second-order valence-corrected chi connectivity index (χ2v) is 4.74. The van der Waals surface area contributed by atoms with Crippen LogP contribution in [0.3, 0.4) is 0 Å². The van der Waals surface area contributed by atoms with Gasteiger partial charge in [-0.2, -0.15) is 0 Å². The summed E-state index contributed by atoms with van der Waals surface area (Å²) in [5.74, 6) is 1.30. The van der Waals surface area contributed by atoms with Gasteiger partial charge in [-0.15, -0.1) is 0 Å². The maximum atomic E-state index is 9.40. The molecule has 0 unspecified atom stereocenters. The number of aliphatic hydroxyl groups excluding tert-OH is 1. The molecule has 1 N–H and O–H groups in total. The second kappa shape index (κ2) is 5.61. The molecule has 2 nitrogen and oxygen atoms in total. The summed E-state index contributed by atoms with van der Waals surface area (Å²) in [7, 11) is 0. The number of halogens is 2. The summed E-state index contributed by atoms with van der Waals surface area (Å²) in [5.41, 5.74) is 0.844. The SMILES string of the molecule is C[C@H](O)c1ccc(Oc2ccc(Cl)c(Cl)c2)cc1. The molecule has 0 aliphatic rings. The van der Waals surface area contributed by atoms with E-state index in [0.717, 1.165) is 5.56 Å². The van der Waals surface area contributed by atoms with E-state index in [1.165, 1.54) is 0 Å². The largest absolute Gasteiger partial charge is 0.457 e. The minimum absolute atomic E-state index is 0.453. The average Bonchev–Trinajstić information content (AvgIpc) is 2.34. The number of ether oxygens (including phenoxy) is 1. The lowest BCUT2D eigenvalue weighted by Gasteiger charge is -2.08. The van der Waals surface area contributed by atoms with E-state index in [4.69, 9.17) is 27.9 Å². The van der Waals surface area contributed by atoms with Crippen LogP contribution in [0.15, 0.2) is 42.5 Å². The van der Waals surface area contributed by atoms with Crippen LogP contribution in [0.2, 0.25) is 10.0 Å². The summed E-state index contributed by atoms with van der Waals surface area (Å²) in [6.45, 7) is 1.72. The molecule has 0 bridgehead atoms. The average molecular weight is 283 g/mol. The van der Waals surface area contributed by atoms with Gasteiger partial charge in [0.25, 0.3) is 0 Å². The Labute approximate surface area is 116 Å². The van der Waals surface area contributed by atoms with Gasteiger partial charge in [-0.1, -0.05) is 35.3 Å². The van der Waals surface area contributed by atoms with Crippen molar-refractivity contribution in [1.29, 1.82) is 0 Å². The normalized spacial score (nSPS) is 12.2. The Morgan fingerprint density at radius 3 is 2.11 bits per heavy atom. The van der Waals surface area contributed by atoms with Crippen molar-refractivity contribution >= 4 is 23.2 Å². The Bertz CT molecular complexity index is 536. The van der Waals surface area contributed by atoms with E-state index < -0.39 is 6.10 Å². The lowest BCUT2D eigenvalue weighted by Crippen LogP contribution is -1.90. The predicted molar refractivity (Wildman–Crippen MR) is 73.6 cm³/mol. The maximum absolute atomic E-state index is 9.40. The highest BCUT2D eigenvalue weighted by Crippen LogP contribution is 2.29. The molecule has 0 aliphatic carbocycles. The first-order valence-electron chi connectivity index (χ1n) is 5.47. The van der Waals surface area contributed by atoms with Crippen molar-refractivity contribution in [3.63, 3.8) is 0 Å². The van der Waals surface area contributed by atoms with Crippen molar-refractivity contribution in [2.75, 3.05) is 0 Å². The molecule has 2 aromatic carbocycles. The monoisotopic (exact) mass is 282 g/mol. The van der Waals surface area contributed by atoms with Gasteiger partial charge in [0.05, 0.1) is 16.1 Å². The molecule has 0 aromatic heterocycles. The summed E-state index contributed by atoms with van der Waals surface area (Å²) in [5, 5.41) is 10.3. The Morgan fingerprint density at radius 2 is 1.56 bits per heavy atom. The van der Waals surface area contributed by atoms with Crippen LogP contribution in [0.25, 0.3) is 0 Å². The van der Waals surface area contributed by atoms with Crippen LogP contribution in [-0.4, -0.2) is 5.11 Å². The minimum Gasteiger partial charge on any atom is -0.457 e. The molecule has 0 saturated heterocycles. The van der Waals surface area contributed by atoms with Crippen molar-refractivity contribution in [1.82, 2.24) is 0 Å². The number of rotatable bonds is 3. The Kier molecular flexibility index (Phi) is 4.12. The molecule has 0 amide bonds. The smallest absolute Gasteiger partial charge is 0.129 e. The van der Waals surface area contributed by atoms with Crippen LogP contribution in [0.5, 0.6) is 11.5 Å². The zero-order valence-electron chi connectivity index (χ0n) is 9.73. The van der Waals surface area contributed by atoms with E-state index in [2.05, 4.69) is 0 Å². The first-order valence-corrected chi connectivity index (χ1v) is 6.23. The van der Waals surface area contributed by atoms with Crippen LogP contribution in [-0.2, 0) is 0 Å². The van der Waals surface area contributed by atoms with E-state index in [-0.39, 0.29) is 0 Å². The molecule has 0 saturated carbocycles. The van der Waals surface area contributed by atoms with Gasteiger partial charge in [-0.05, 0) is 36.8 Å². The zero-order chi connectivity index (χ0) is 13.1. The zero-order valence-corrected chi connectivity index (χ0v) is 11.2. The highest BCUT2D eigenvalue weighted by Gasteiger charge is 2.03. The Balaban J connectivity index is 2.15. The summed E-state index contributed by atoms with van der Waals surface area (Å²) < 4.78 is 5.62. The number of hydrogen-bond acceptors (Lipinski definition) is 2. The van der Waals surface area contributed by atoms with Crippen LogP contribution < -0.4 is 4.74 Å². The van der Waals surface area contributed by atoms with Gasteiger partial charge in [0, 0.05) is 6.07 Å². The van der Waals surface area contributed by atoms with Crippen LogP contribution in [0, 0.1) is 0 Å². The maximum Gasteiger partial charge on any atom is 0.129 e. The quantitative estimate of drug-likeness (QED) is 0.873. The standard InChI is InChI=1S/C14H12Cl2O2/c1-9(17)10-2-4-11(5-3-10)18-12-6-7-13(15)14(16)8-12/h2-9,17H,1H3/t9-/m0/s1. The summed E-state index contributed by atoms with van der Waals surface area (Å²) >= 11 is 11.7. The molecule has 2 aromatic rings. The summed E-state index contributed by atoms with van der Waals surface area (Å²) in [4.78, 5) is 0. The fourth-order valence-corrected chi connectivity index (χ4v) is 1.78. The van der Waals surface area contributed by atoms with Crippen LogP contribution in [0.4, 0.5) is 0 Å². The third kappa shape index (κ3) is 3.16.